The van der Waals surface area contributed by atoms with Gasteiger partial charge in [-0.2, -0.15) is 0 Å². The Morgan fingerprint density at radius 1 is 1.09 bits per heavy atom. The van der Waals surface area contributed by atoms with E-state index in [1.165, 1.54) is 24.3 Å². The van der Waals surface area contributed by atoms with Crippen LogP contribution in [0.2, 0.25) is 0 Å². The normalized spacial score (nSPS) is 11.0. The number of nitrogens with two attached hydrogens (primary N) is 1. The summed E-state index contributed by atoms with van der Waals surface area (Å²) in [4.78, 5) is 21.7. The molecule has 0 heterocycles. The number of hydrogen-bond donors (Lipinski definition) is 3. The predicted molar refractivity (Wildman–Crippen MR) is 79.1 cm³/mol. The van der Waals surface area contributed by atoms with Gasteiger partial charge in [0.1, 0.15) is 5.82 Å². The number of para-hydroxylation sites is 1. The number of carboxylic acid groups (broad SMARTS) is 1. The quantitative estimate of drug-likeness (QED) is 0.760. The Morgan fingerprint density at radius 2 is 1.74 bits per heavy atom. The maximum Gasteiger partial charge on any atom is 0.338 e. The van der Waals surface area contributed by atoms with Gasteiger partial charge in [-0.25, -0.2) is 17.6 Å². The molecule has 0 atom stereocenters. The van der Waals surface area contributed by atoms with Crippen molar-refractivity contribution in [3.63, 3.8) is 0 Å². The van der Waals surface area contributed by atoms with Crippen LogP contribution in [0.5, 0.6) is 0 Å². The van der Waals surface area contributed by atoms with Gasteiger partial charge in [0.25, 0.3) is 15.9 Å². The lowest BCUT2D eigenvalue weighted by Gasteiger charge is -2.11. The Kier molecular flexibility index (Phi) is 4.32. The number of primary amides is 1. The lowest BCUT2D eigenvalue weighted by molar-refractivity contribution is 0.0691. The molecule has 2 aromatic rings. The molecule has 9 heteroatoms. The highest BCUT2D eigenvalue weighted by molar-refractivity contribution is 7.92. The van der Waals surface area contributed by atoms with Crippen LogP contribution in [0.25, 0.3) is 0 Å². The number of carboxylic acids is 1. The summed E-state index contributed by atoms with van der Waals surface area (Å²) in [6, 6.07) is 7.96. The number of amides is 1. The van der Waals surface area contributed by atoms with Crippen molar-refractivity contribution in [2.24, 2.45) is 5.73 Å². The van der Waals surface area contributed by atoms with E-state index < -0.39 is 38.2 Å². The zero-order chi connectivity index (χ0) is 17.2. The van der Waals surface area contributed by atoms with Crippen molar-refractivity contribution < 1.29 is 27.5 Å². The number of carbonyl (C=O) groups excluding carboxylic acids is 1. The summed E-state index contributed by atoms with van der Waals surface area (Å²) in [5, 5.41) is 8.85. The fourth-order valence-electron chi connectivity index (χ4n) is 1.83. The van der Waals surface area contributed by atoms with Gasteiger partial charge in [0, 0.05) is 0 Å². The lowest BCUT2D eigenvalue weighted by Crippen LogP contribution is -2.19. The van der Waals surface area contributed by atoms with Crippen LogP contribution in [0, 0.1) is 5.82 Å². The summed E-state index contributed by atoms with van der Waals surface area (Å²) in [6.07, 6.45) is 0. The summed E-state index contributed by atoms with van der Waals surface area (Å²) >= 11 is 0. The topological polar surface area (TPSA) is 127 Å². The molecule has 23 heavy (non-hydrogen) atoms. The van der Waals surface area contributed by atoms with Gasteiger partial charge in [0.05, 0.1) is 21.7 Å². The molecule has 4 N–H and O–H groups in total. The third kappa shape index (κ3) is 3.46. The summed E-state index contributed by atoms with van der Waals surface area (Å²) in [5.41, 5.74) is 4.25. The number of rotatable bonds is 5. The van der Waals surface area contributed by atoms with Gasteiger partial charge in [0.15, 0.2) is 0 Å². The number of aromatic carboxylic acids is 1. The first-order valence-electron chi connectivity index (χ1n) is 6.17. The Bertz CT molecular complexity index is 896. The number of nitrogens with one attached hydrogen (secondary N) is 1. The smallest absolute Gasteiger partial charge is 0.338 e. The molecule has 120 valence electrons. The van der Waals surface area contributed by atoms with E-state index in [1.807, 2.05) is 0 Å². The van der Waals surface area contributed by atoms with Crippen molar-refractivity contribution in [3.8, 4) is 0 Å². The maximum atomic E-state index is 13.3. The van der Waals surface area contributed by atoms with Crippen molar-refractivity contribution in [1.82, 2.24) is 0 Å². The van der Waals surface area contributed by atoms with Crippen molar-refractivity contribution >= 4 is 27.6 Å². The van der Waals surface area contributed by atoms with Crippen molar-refractivity contribution in [3.05, 3.63) is 59.4 Å². The number of anilines is 1. The molecule has 0 aromatic heterocycles. The first-order chi connectivity index (χ1) is 10.7. The SMILES string of the molecule is NC(=O)c1ccccc1NS(=O)(=O)c1ccc(F)c(C(=O)O)c1. The molecule has 2 aromatic carbocycles. The average molecular weight is 338 g/mol. The minimum absolute atomic E-state index is 0.0587. The van der Waals surface area contributed by atoms with Gasteiger partial charge in [-0.3, -0.25) is 9.52 Å². The van der Waals surface area contributed by atoms with Crippen LogP contribution in [-0.4, -0.2) is 25.4 Å². The monoisotopic (exact) mass is 338 g/mol. The fraction of sp³-hybridized carbons (Fsp3) is 0. The highest BCUT2D eigenvalue weighted by Gasteiger charge is 2.21. The van der Waals surface area contributed by atoms with Gasteiger partial charge in [-0.15, -0.1) is 0 Å². The molecule has 0 saturated carbocycles. The van der Waals surface area contributed by atoms with E-state index in [0.717, 1.165) is 12.1 Å². The maximum absolute atomic E-state index is 13.3. The van der Waals surface area contributed by atoms with Crippen LogP contribution in [0.3, 0.4) is 0 Å². The zero-order valence-corrected chi connectivity index (χ0v) is 12.3. The number of benzene rings is 2. The molecule has 0 spiro atoms. The Labute approximate surface area is 130 Å². The molecule has 0 radical (unpaired) electrons. The number of carbonyl (C=O) groups is 2. The first-order valence-corrected chi connectivity index (χ1v) is 7.65. The molecule has 0 bridgehead atoms. The van der Waals surface area contributed by atoms with Crippen LogP contribution >= 0.6 is 0 Å². The molecule has 0 aliphatic heterocycles. The van der Waals surface area contributed by atoms with Crippen LogP contribution in [0.15, 0.2) is 47.4 Å². The summed E-state index contributed by atoms with van der Waals surface area (Å²) in [6.45, 7) is 0. The molecule has 7 nitrogen and oxygen atoms in total. The lowest BCUT2D eigenvalue weighted by atomic mass is 10.2. The summed E-state index contributed by atoms with van der Waals surface area (Å²) < 4.78 is 40.0. The Morgan fingerprint density at radius 3 is 2.35 bits per heavy atom. The van der Waals surface area contributed by atoms with E-state index >= 15 is 0 Å². The van der Waals surface area contributed by atoms with E-state index in [2.05, 4.69) is 4.72 Å². The van der Waals surface area contributed by atoms with Gasteiger partial charge >= 0.3 is 5.97 Å². The van der Waals surface area contributed by atoms with Crippen LogP contribution in [-0.2, 0) is 10.0 Å². The highest BCUT2D eigenvalue weighted by atomic mass is 32.2. The molecular weight excluding hydrogens is 327 g/mol. The van der Waals surface area contributed by atoms with E-state index in [4.69, 9.17) is 10.8 Å². The molecule has 0 aliphatic carbocycles. The van der Waals surface area contributed by atoms with E-state index in [9.17, 15) is 22.4 Å². The average Bonchev–Trinajstić information content (AvgIpc) is 2.47. The second-order valence-corrected chi connectivity index (χ2v) is 6.14. The minimum atomic E-state index is -4.23. The largest absolute Gasteiger partial charge is 0.478 e. The Hall–Kier alpha value is -2.94. The zero-order valence-electron chi connectivity index (χ0n) is 11.5. The predicted octanol–water partition coefficient (Wildman–Crippen LogP) is 1.42. The molecular formula is C14H11FN2O5S. The van der Waals surface area contributed by atoms with Crippen LogP contribution < -0.4 is 10.5 Å². The molecule has 0 fully saturated rings. The Balaban J connectivity index is 2.47. The van der Waals surface area contributed by atoms with Crippen molar-refractivity contribution in [2.45, 2.75) is 4.90 Å². The molecule has 1 amide bonds. The van der Waals surface area contributed by atoms with E-state index in [1.54, 1.807) is 0 Å². The second kappa shape index (κ2) is 6.05. The van der Waals surface area contributed by atoms with Gasteiger partial charge < -0.3 is 10.8 Å². The van der Waals surface area contributed by atoms with Gasteiger partial charge in [-0.05, 0) is 30.3 Å². The third-order valence-corrected chi connectivity index (χ3v) is 4.28. The minimum Gasteiger partial charge on any atom is -0.478 e. The molecule has 2 rings (SSSR count). The van der Waals surface area contributed by atoms with Crippen LogP contribution in [0.4, 0.5) is 10.1 Å². The van der Waals surface area contributed by atoms with Crippen molar-refractivity contribution in [2.75, 3.05) is 4.72 Å². The number of hydrogen-bond acceptors (Lipinski definition) is 4. The summed E-state index contributed by atoms with van der Waals surface area (Å²) in [7, 11) is -4.23. The third-order valence-electron chi connectivity index (χ3n) is 2.92. The van der Waals surface area contributed by atoms with E-state index in [0.29, 0.717) is 6.07 Å². The number of sulfonamides is 1. The fourth-order valence-corrected chi connectivity index (χ4v) is 2.93. The number of halogens is 1. The molecule has 0 aliphatic rings. The first kappa shape index (κ1) is 16.4. The molecule has 0 unspecified atom stereocenters. The van der Waals surface area contributed by atoms with Gasteiger partial charge in [0.2, 0.25) is 0 Å². The summed E-state index contributed by atoms with van der Waals surface area (Å²) in [5.74, 6) is -3.50. The van der Waals surface area contributed by atoms with E-state index in [-0.39, 0.29) is 11.3 Å². The second-order valence-electron chi connectivity index (χ2n) is 4.46. The van der Waals surface area contributed by atoms with Gasteiger partial charge in [-0.1, -0.05) is 12.1 Å². The molecule has 0 saturated heterocycles. The van der Waals surface area contributed by atoms with Crippen molar-refractivity contribution in [1.29, 1.82) is 0 Å². The van der Waals surface area contributed by atoms with Crippen LogP contribution in [0.1, 0.15) is 20.7 Å². The standard InChI is InChI=1S/C14H11FN2O5S/c15-11-6-5-8(7-10(11)14(19)20)23(21,22)17-12-4-2-1-3-9(12)13(16)18/h1-7,17H,(H2,16,18)(H,19,20). The highest BCUT2D eigenvalue weighted by Crippen LogP contribution is 2.21.